The average Bonchev–Trinajstić information content (AvgIpc) is 3.03. The quantitative estimate of drug-likeness (QED) is 0.647. The van der Waals surface area contributed by atoms with Crippen molar-refractivity contribution in [3.63, 3.8) is 0 Å². The highest BCUT2D eigenvalue weighted by Gasteiger charge is 2.22. The van der Waals surface area contributed by atoms with Gasteiger partial charge >= 0.3 is 5.97 Å². The predicted octanol–water partition coefficient (Wildman–Crippen LogP) is 3.08. The van der Waals surface area contributed by atoms with Crippen LogP contribution in [0.5, 0.6) is 0 Å². The van der Waals surface area contributed by atoms with E-state index in [1.54, 1.807) is 41.3 Å². The number of anilines is 1. The van der Waals surface area contributed by atoms with Gasteiger partial charge in [0.1, 0.15) is 0 Å². The molecule has 0 radical (unpaired) electrons. The first kappa shape index (κ1) is 15.0. The highest BCUT2D eigenvalue weighted by Crippen LogP contribution is 2.27. The summed E-state index contributed by atoms with van der Waals surface area (Å²) in [5.74, 6) is -0.405. The van der Waals surface area contributed by atoms with Gasteiger partial charge in [-0.2, -0.15) is 0 Å². The zero-order valence-electron chi connectivity index (χ0n) is 12.9. The Hall–Kier alpha value is -2.88. The van der Waals surface area contributed by atoms with Crippen LogP contribution in [0.1, 0.15) is 21.5 Å². The molecule has 0 bridgehead atoms. The summed E-state index contributed by atoms with van der Waals surface area (Å²) in [6.45, 7) is 0.712. The lowest BCUT2D eigenvalue weighted by atomic mass is 10.1. The van der Waals surface area contributed by atoms with Gasteiger partial charge in [-0.1, -0.05) is 30.3 Å². The lowest BCUT2D eigenvalue weighted by molar-refractivity contribution is -0.114. The van der Waals surface area contributed by atoms with Crippen LogP contribution in [-0.4, -0.2) is 25.5 Å². The third-order valence-electron chi connectivity index (χ3n) is 3.90. The first-order chi connectivity index (χ1) is 11.2. The van der Waals surface area contributed by atoms with E-state index in [-0.39, 0.29) is 11.9 Å². The molecule has 3 rings (SSSR count). The van der Waals surface area contributed by atoms with E-state index in [1.165, 1.54) is 12.7 Å². The molecular formula is C19H17NO3. The number of hydrogen-bond acceptors (Lipinski definition) is 3. The number of fused-ring (bicyclic) bond motifs is 1. The van der Waals surface area contributed by atoms with Crippen molar-refractivity contribution in [2.75, 3.05) is 18.6 Å². The number of nitrogens with zero attached hydrogens (tertiary/aromatic N) is 1. The van der Waals surface area contributed by atoms with Crippen LogP contribution in [-0.2, 0) is 16.0 Å². The third kappa shape index (κ3) is 3.16. The minimum Gasteiger partial charge on any atom is -0.465 e. The largest absolute Gasteiger partial charge is 0.465 e. The summed E-state index contributed by atoms with van der Waals surface area (Å²) in [5.41, 5.74) is 3.54. The molecule has 0 atom stereocenters. The lowest BCUT2D eigenvalue weighted by Crippen LogP contribution is -2.26. The number of rotatable bonds is 3. The monoisotopic (exact) mass is 307 g/mol. The Bertz CT molecular complexity index is 762. The molecule has 0 spiro atoms. The van der Waals surface area contributed by atoms with Gasteiger partial charge in [-0.15, -0.1) is 0 Å². The van der Waals surface area contributed by atoms with Gasteiger partial charge in [-0.25, -0.2) is 4.79 Å². The van der Waals surface area contributed by atoms with Crippen molar-refractivity contribution in [2.45, 2.75) is 6.42 Å². The van der Waals surface area contributed by atoms with Crippen LogP contribution in [0.15, 0.2) is 54.6 Å². The average molecular weight is 307 g/mol. The summed E-state index contributed by atoms with van der Waals surface area (Å²) in [6.07, 6.45) is 4.21. The first-order valence-corrected chi connectivity index (χ1v) is 7.45. The van der Waals surface area contributed by atoms with Crippen LogP contribution in [0.4, 0.5) is 5.69 Å². The van der Waals surface area contributed by atoms with Gasteiger partial charge in [0.15, 0.2) is 0 Å². The molecule has 0 N–H and O–H groups in total. The maximum atomic E-state index is 12.4. The van der Waals surface area contributed by atoms with Gasteiger partial charge in [0, 0.05) is 18.3 Å². The Morgan fingerprint density at radius 2 is 1.83 bits per heavy atom. The zero-order valence-corrected chi connectivity index (χ0v) is 12.9. The van der Waals surface area contributed by atoms with Crippen molar-refractivity contribution in [3.05, 3.63) is 71.3 Å². The van der Waals surface area contributed by atoms with Gasteiger partial charge < -0.3 is 9.64 Å². The Morgan fingerprint density at radius 3 is 2.57 bits per heavy atom. The number of methoxy groups -OCH3 is 1. The normalized spacial score (nSPS) is 13.2. The smallest absolute Gasteiger partial charge is 0.337 e. The summed E-state index contributed by atoms with van der Waals surface area (Å²) >= 11 is 0. The van der Waals surface area contributed by atoms with Gasteiger partial charge in [0.2, 0.25) is 0 Å². The van der Waals surface area contributed by atoms with Crippen molar-refractivity contribution in [1.82, 2.24) is 0 Å². The second kappa shape index (κ2) is 6.48. The second-order valence-corrected chi connectivity index (χ2v) is 5.32. The van der Waals surface area contributed by atoms with Crippen LogP contribution < -0.4 is 4.90 Å². The molecule has 0 aliphatic carbocycles. The summed E-state index contributed by atoms with van der Waals surface area (Å²) in [4.78, 5) is 25.5. The van der Waals surface area contributed by atoms with Crippen LogP contribution in [0.25, 0.3) is 6.08 Å². The topological polar surface area (TPSA) is 46.6 Å². The molecule has 23 heavy (non-hydrogen) atoms. The molecular weight excluding hydrogens is 290 g/mol. The number of para-hydroxylation sites is 1. The minimum absolute atomic E-state index is 0.0352. The Labute approximate surface area is 135 Å². The molecule has 0 saturated heterocycles. The fourth-order valence-corrected chi connectivity index (χ4v) is 2.67. The van der Waals surface area contributed by atoms with Crippen molar-refractivity contribution < 1.29 is 14.3 Å². The lowest BCUT2D eigenvalue weighted by Gasteiger charge is -2.14. The van der Waals surface area contributed by atoms with E-state index in [0.29, 0.717) is 12.1 Å². The molecule has 4 heteroatoms. The highest BCUT2D eigenvalue weighted by molar-refractivity contribution is 6.05. The molecule has 1 amide bonds. The molecule has 2 aromatic carbocycles. The van der Waals surface area contributed by atoms with Crippen LogP contribution in [0.2, 0.25) is 0 Å². The van der Waals surface area contributed by atoms with E-state index in [0.717, 1.165) is 17.7 Å². The van der Waals surface area contributed by atoms with E-state index < -0.39 is 0 Å². The molecule has 2 aromatic rings. The first-order valence-electron chi connectivity index (χ1n) is 7.45. The molecule has 0 saturated carbocycles. The number of carbonyl (C=O) groups is 2. The van der Waals surface area contributed by atoms with Crippen molar-refractivity contribution in [3.8, 4) is 0 Å². The van der Waals surface area contributed by atoms with E-state index >= 15 is 0 Å². The molecule has 0 unspecified atom stereocenters. The van der Waals surface area contributed by atoms with Crippen molar-refractivity contribution >= 4 is 23.6 Å². The molecule has 116 valence electrons. The van der Waals surface area contributed by atoms with Crippen molar-refractivity contribution in [1.29, 1.82) is 0 Å². The van der Waals surface area contributed by atoms with E-state index in [1.807, 2.05) is 18.2 Å². The number of ether oxygens (including phenoxy) is 1. The summed E-state index contributed by atoms with van der Waals surface area (Å²) < 4.78 is 4.66. The summed E-state index contributed by atoms with van der Waals surface area (Å²) in [5, 5.41) is 0. The molecule has 0 fully saturated rings. The summed E-state index contributed by atoms with van der Waals surface area (Å²) in [7, 11) is 1.35. The number of benzene rings is 2. The predicted molar refractivity (Wildman–Crippen MR) is 89.3 cm³/mol. The van der Waals surface area contributed by atoms with Crippen LogP contribution >= 0.6 is 0 Å². The van der Waals surface area contributed by atoms with E-state index in [9.17, 15) is 9.59 Å². The van der Waals surface area contributed by atoms with Crippen LogP contribution in [0.3, 0.4) is 0 Å². The number of esters is 1. The third-order valence-corrected chi connectivity index (χ3v) is 3.90. The SMILES string of the molecule is COC(=O)c1ccc(/C=C/C(=O)N2CCc3ccccc32)cc1. The number of hydrogen-bond donors (Lipinski definition) is 0. The highest BCUT2D eigenvalue weighted by atomic mass is 16.5. The Balaban J connectivity index is 1.71. The van der Waals surface area contributed by atoms with Gasteiger partial charge in [0.25, 0.3) is 5.91 Å². The van der Waals surface area contributed by atoms with E-state index in [2.05, 4.69) is 10.8 Å². The van der Waals surface area contributed by atoms with Crippen LogP contribution in [0, 0.1) is 0 Å². The van der Waals surface area contributed by atoms with Crippen molar-refractivity contribution in [2.24, 2.45) is 0 Å². The molecule has 0 aromatic heterocycles. The fraction of sp³-hybridized carbons (Fsp3) is 0.158. The molecule has 1 aliphatic heterocycles. The fourth-order valence-electron chi connectivity index (χ4n) is 2.67. The Kier molecular flexibility index (Phi) is 4.24. The number of amides is 1. The maximum absolute atomic E-state index is 12.4. The summed E-state index contributed by atoms with van der Waals surface area (Å²) in [6, 6.07) is 14.9. The molecule has 1 heterocycles. The van der Waals surface area contributed by atoms with Gasteiger partial charge in [-0.05, 0) is 41.8 Å². The maximum Gasteiger partial charge on any atom is 0.337 e. The van der Waals surface area contributed by atoms with Gasteiger partial charge in [-0.3, -0.25) is 4.79 Å². The second-order valence-electron chi connectivity index (χ2n) is 5.32. The molecule has 4 nitrogen and oxygen atoms in total. The zero-order chi connectivity index (χ0) is 16.2. The standard InChI is InChI=1S/C19H17NO3/c1-23-19(22)16-9-6-14(7-10-16)8-11-18(21)20-13-12-15-4-2-3-5-17(15)20/h2-11H,12-13H2,1H3/b11-8+. The van der Waals surface area contributed by atoms with Gasteiger partial charge in [0.05, 0.1) is 12.7 Å². The number of carbonyl (C=O) groups excluding carboxylic acids is 2. The minimum atomic E-state index is -0.370. The Morgan fingerprint density at radius 1 is 1.09 bits per heavy atom. The molecule has 1 aliphatic rings. The van der Waals surface area contributed by atoms with E-state index in [4.69, 9.17) is 0 Å².